The number of aryl methyl sites for hydroxylation is 1. The van der Waals surface area contributed by atoms with Crippen LogP contribution in [0.25, 0.3) is 0 Å². The molecule has 170 valence electrons. The van der Waals surface area contributed by atoms with Crippen LogP contribution in [0.3, 0.4) is 0 Å². The average molecular weight is 575 g/mol. The molecule has 0 saturated heterocycles. The van der Waals surface area contributed by atoms with Gasteiger partial charge in [-0.3, -0.25) is 14.9 Å². The molecule has 0 aliphatic carbocycles. The van der Waals surface area contributed by atoms with Gasteiger partial charge in [0.15, 0.2) is 0 Å². The lowest BCUT2D eigenvalue weighted by Crippen LogP contribution is -2.19. The number of carbonyl (C=O) groups is 1. The molecule has 0 aliphatic rings. The van der Waals surface area contributed by atoms with Gasteiger partial charge >= 0.3 is 0 Å². The number of nitrogens with zero attached hydrogens (tertiary/aromatic N) is 2. The zero-order valence-corrected chi connectivity index (χ0v) is 20.9. The second-order valence-electron chi connectivity index (χ2n) is 7.17. The zero-order valence-electron chi connectivity index (χ0n) is 17.8. The number of amides is 1. The predicted octanol–water partition coefficient (Wildman–Crippen LogP) is 5.95. The molecule has 0 heterocycles. The van der Waals surface area contributed by atoms with Crippen LogP contribution >= 0.6 is 31.9 Å². The molecule has 0 fully saturated rings. The molecule has 33 heavy (non-hydrogen) atoms. The van der Waals surface area contributed by atoms with Crippen LogP contribution in [0, 0.1) is 10.1 Å². The fourth-order valence-electron chi connectivity index (χ4n) is 2.96. The number of carbonyl (C=O) groups excluding carboxylic acids is 1. The fourth-order valence-corrected chi connectivity index (χ4v) is 4.41. The first-order valence-electron chi connectivity index (χ1n) is 10.1. The van der Waals surface area contributed by atoms with Crippen LogP contribution in [0.2, 0.25) is 0 Å². The van der Waals surface area contributed by atoms with Crippen molar-refractivity contribution in [3.8, 4) is 5.75 Å². The van der Waals surface area contributed by atoms with Crippen LogP contribution in [0.4, 0.5) is 5.69 Å². The highest BCUT2D eigenvalue weighted by Gasteiger charge is 2.10. The van der Waals surface area contributed by atoms with Gasteiger partial charge in [-0.1, -0.05) is 31.2 Å². The van der Waals surface area contributed by atoms with Gasteiger partial charge in [-0.15, -0.1) is 0 Å². The molecule has 0 bridgehead atoms. The molecule has 3 aromatic carbocycles. The second-order valence-corrected chi connectivity index (χ2v) is 8.87. The van der Waals surface area contributed by atoms with E-state index in [9.17, 15) is 14.9 Å². The van der Waals surface area contributed by atoms with E-state index in [-0.39, 0.29) is 24.6 Å². The maximum Gasteiger partial charge on any atom is 0.269 e. The number of hydrazone groups is 1. The Hall–Kier alpha value is -3.04. The van der Waals surface area contributed by atoms with Gasteiger partial charge in [-0.25, -0.2) is 5.43 Å². The summed E-state index contributed by atoms with van der Waals surface area (Å²) in [5.41, 5.74) is 6.29. The van der Waals surface area contributed by atoms with Gasteiger partial charge in [0.2, 0.25) is 5.91 Å². The Morgan fingerprint density at radius 3 is 2.18 bits per heavy atom. The lowest BCUT2D eigenvalue weighted by Gasteiger charge is -2.11. The van der Waals surface area contributed by atoms with Crippen LogP contribution in [0.5, 0.6) is 5.75 Å². The number of nitro groups is 1. The first kappa shape index (κ1) is 24.6. The quantitative estimate of drug-likeness (QED) is 0.194. The van der Waals surface area contributed by atoms with Gasteiger partial charge in [0, 0.05) is 12.1 Å². The highest BCUT2D eigenvalue weighted by atomic mass is 79.9. The molecule has 9 heteroatoms. The van der Waals surface area contributed by atoms with E-state index in [0.29, 0.717) is 14.7 Å². The van der Waals surface area contributed by atoms with E-state index in [1.165, 1.54) is 17.7 Å². The highest BCUT2D eigenvalue weighted by Crippen LogP contribution is 2.35. The van der Waals surface area contributed by atoms with Crippen LogP contribution in [-0.4, -0.2) is 17.0 Å². The standard InChI is InChI=1S/C24H21Br2N3O4/c1-2-16-3-5-17(6-4-16)13-23(30)28-27-14-19-11-21(25)24(22(26)12-19)33-15-18-7-9-20(10-8-18)29(31)32/h3-12,14H,2,13,15H2,1H3,(H,28,30)/b27-14+. The summed E-state index contributed by atoms with van der Waals surface area (Å²) in [5.74, 6) is 0.391. The third-order valence-corrected chi connectivity index (χ3v) is 5.93. The Morgan fingerprint density at radius 1 is 1.03 bits per heavy atom. The van der Waals surface area contributed by atoms with E-state index < -0.39 is 4.92 Å². The summed E-state index contributed by atoms with van der Waals surface area (Å²) in [6.45, 7) is 2.34. The Kier molecular flexibility index (Phi) is 8.73. The summed E-state index contributed by atoms with van der Waals surface area (Å²) in [5, 5.41) is 14.8. The predicted molar refractivity (Wildman–Crippen MR) is 135 cm³/mol. The fraction of sp³-hybridized carbons (Fsp3) is 0.167. The van der Waals surface area contributed by atoms with Gasteiger partial charge in [-0.05, 0) is 84.8 Å². The lowest BCUT2D eigenvalue weighted by molar-refractivity contribution is -0.384. The van der Waals surface area contributed by atoms with Crippen molar-refractivity contribution in [1.82, 2.24) is 5.43 Å². The minimum atomic E-state index is -0.440. The number of non-ortho nitro benzene ring substituents is 1. The Labute approximate surface area is 208 Å². The number of hydrogen-bond acceptors (Lipinski definition) is 5. The molecule has 7 nitrogen and oxygen atoms in total. The van der Waals surface area contributed by atoms with Gasteiger partial charge < -0.3 is 4.74 Å². The highest BCUT2D eigenvalue weighted by molar-refractivity contribution is 9.11. The average Bonchev–Trinajstić information content (AvgIpc) is 2.79. The number of ether oxygens (including phenoxy) is 1. The first-order valence-corrected chi connectivity index (χ1v) is 11.7. The summed E-state index contributed by atoms with van der Waals surface area (Å²) in [4.78, 5) is 22.4. The third kappa shape index (κ3) is 7.23. The van der Waals surface area contributed by atoms with Crippen molar-refractivity contribution < 1.29 is 14.5 Å². The zero-order chi connectivity index (χ0) is 23.8. The number of benzene rings is 3. The Bertz CT molecular complexity index is 1140. The molecular formula is C24H21Br2N3O4. The van der Waals surface area contributed by atoms with E-state index in [2.05, 4.69) is 49.3 Å². The van der Waals surface area contributed by atoms with Crippen molar-refractivity contribution in [1.29, 1.82) is 0 Å². The van der Waals surface area contributed by atoms with Crippen LogP contribution in [0.15, 0.2) is 74.7 Å². The Balaban J connectivity index is 1.56. The van der Waals surface area contributed by atoms with Crippen molar-refractivity contribution >= 4 is 49.7 Å². The number of halogens is 2. The normalized spacial score (nSPS) is 10.9. The number of nitrogens with one attached hydrogen (secondary N) is 1. The van der Waals surface area contributed by atoms with Gasteiger partial charge in [0.05, 0.1) is 26.5 Å². The number of nitro benzene ring substituents is 1. The molecule has 1 N–H and O–H groups in total. The Morgan fingerprint density at radius 2 is 1.61 bits per heavy atom. The van der Waals surface area contributed by atoms with Crippen LogP contribution in [0.1, 0.15) is 29.2 Å². The molecule has 0 unspecified atom stereocenters. The monoisotopic (exact) mass is 573 g/mol. The van der Waals surface area contributed by atoms with Crippen molar-refractivity contribution in [2.45, 2.75) is 26.4 Å². The molecule has 3 rings (SSSR count). The van der Waals surface area contributed by atoms with E-state index in [4.69, 9.17) is 4.74 Å². The molecule has 0 saturated carbocycles. The van der Waals surface area contributed by atoms with Crippen molar-refractivity contribution in [3.63, 3.8) is 0 Å². The smallest absolute Gasteiger partial charge is 0.269 e. The van der Waals surface area contributed by atoms with Gasteiger partial charge in [0.1, 0.15) is 12.4 Å². The SMILES string of the molecule is CCc1ccc(CC(=O)N/N=C/c2cc(Br)c(OCc3ccc([N+](=O)[O-])cc3)c(Br)c2)cc1. The van der Waals surface area contributed by atoms with E-state index >= 15 is 0 Å². The lowest BCUT2D eigenvalue weighted by atomic mass is 10.1. The second kappa shape index (κ2) is 11.7. The minimum Gasteiger partial charge on any atom is -0.487 e. The molecule has 0 spiro atoms. The number of rotatable bonds is 9. The van der Waals surface area contributed by atoms with Crippen molar-refractivity contribution in [2.75, 3.05) is 0 Å². The third-order valence-electron chi connectivity index (χ3n) is 4.75. The van der Waals surface area contributed by atoms with E-state index in [0.717, 1.165) is 23.1 Å². The van der Waals surface area contributed by atoms with Crippen LogP contribution < -0.4 is 10.2 Å². The minimum absolute atomic E-state index is 0.0336. The maximum atomic E-state index is 12.1. The summed E-state index contributed by atoms with van der Waals surface area (Å²) in [7, 11) is 0. The summed E-state index contributed by atoms with van der Waals surface area (Å²) < 4.78 is 7.25. The first-order chi connectivity index (χ1) is 15.9. The van der Waals surface area contributed by atoms with Crippen molar-refractivity contribution in [3.05, 3.63) is 102 Å². The molecule has 1 amide bonds. The van der Waals surface area contributed by atoms with Gasteiger partial charge in [0.25, 0.3) is 5.69 Å². The maximum absolute atomic E-state index is 12.1. The largest absolute Gasteiger partial charge is 0.487 e. The molecule has 0 aromatic heterocycles. The molecule has 0 aliphatic heterocycles. The molecule has 0 atom stereocenters. The van der Waals surface area contributed by atoms with Gasteiger partial charge in [-0.2, -0.15) is 5.10 Å². The summed E-state index contributed by atoms with van der Waals surface area (Å²) in [6, 6.07) is 17.8. The van der Waals surface area contributed by atoms with E-state index in [1.54, 1.807) is 18.3 Å². The summed E-state index contributed by atoms with van der Waals surface area (Å²) in [6.07, 6.45) is 2.76. The topological polar surface area (TPSA) is 93.8 Å². The van der Waals surface area contributed by atoms with Crippen molar-refractivity contribution in [2.24, 2.45) is 5.10 Å². The number of hydrogen-bond donors (Lipinski definition) is 1. The molecule has 0 radical (unpaired) electrons. The van der Waals surface area contributed by atoms with E-state index in [1.807, 2.05) is 36.4 Å². The molecule has 3 aromatic rings. The van der Waals surface area contributed by atoms with Crippen LogP contribution in [-0.2, 0) is 24.2 Å². The summed E-state index contributed by atoms with van der Waals surface area (Å²) >= 11 is 6.97. The molecular weight excluding hydrogens is 554 g/mol.